The summed E-state index contributed by atoms with van der Waals surface area (Å²) in [5, 5.41) is 14.4. The van der Waals surface area contributed by atoms with E-state index in [1.165, 1.54) is 11.8 Å². The Hall–Kier alpha value is -3.86. The smallest absolute Gasteiger partial charge is 0.338 e. The van der Waals surface area contributed by atoms with Crippen molar-refractivity contribution < 1.29 is 23.9 Å². The van der Waals surface area contributed by atoms with Gasteiger partial charge in [-0.3, -0.25) is 9.59 Å². The van der Waals surface area contributed by atoms with Crippen LogP contribution in [0, 0.1) is 0 Å². The summed E-state index contributed by atoms with van der Waals surface area (Å²) < 4.78 is 12.0. The van der Waals surface area contributed by atoms with Crippen molar-refractivity contribution in [2.45, 2.75) is 31.5 Å². The van der Waals surface area contributed by atoms with Gasteiger partial charge in [-0.05, 0) is 42.3 Å². The molecule has 2 amide bonds. The Labute approximate surface area is 213 Å². The van der Waals surface area contributed by atoms with Crippen molar-refractivity contribution in [1.29, 1.82) is 0 Å². The summed E-state index contributed by atoms with van der Waals surface area (Å²) in [6, 6.07) is 13.9. The van der Waals surface area contributed by atoms with Crippen LogP contribution in [0.15, 0.2) is 53.7 Å². The van der Waals surface area contributed by atoms with Gasteiger partial charge in [0.2, 0.25) is 11.8 Å². The summed E-state index contributed by atoms with van der Waals surface area (Å²) in [5.41, 5.74) is 1.75. The Balaban J connectivity index is 1.46. The third-order valence-electron chi connectivity index (χ3n) is 5.04. The van der Waals surface area contributed by atoms with Gasteiger partial charge in [-0.1, -0.05) is 36.9 Å². The number of thioether (sulfide) groups is 1. The van der Waals surface area contributed by atoms with Crippen LogP contribution in [-0.4, -0.2) is 52.0 Å². The number of esters is 1. The molecule has 11 heteroatoms. The molecule has 1 heterocycles. The number of benzene rings is 2. The van der Waals surface area contributed by atoms with Gasteiger partial charge in [0.25, 0.3) is 0 Å². The Kier molecular flexibility index (Phi) is 9.87. The second-order valence-electron chi connectivity index (χ2n) is 7.81. The third kappa shape index (κ3) is 7.84. The van der Waals surface area contributed by atoms with E-state index in [0.717, 1.165) is 17.7 Å². The molecule has 0 unspecified atom stereocenters. The lowest BCUT2D eigenvalue weighted by Gasteiger charge is -2.08. The van der Waals surface area contributed by atoms with Crippen molar-refractivity contribution in [2.75, 3.05) is 24.8 Å². The first-order valence-electron chi connectivity index (χ1n) is 11.4. The molecule has 2 N–H and O–H groups in total. The predicted molar refractivity (Wildman–Crippen MR) is 136 cm³/mol. The van der Waals surface area contributed by atoms with Gasteiger partial charge in [-0.2, -0.15) is 0 Å². The standard InChI is InChI=1S/C25H29N5O5S/c1-4-12-35-24(33)18-6-5-7-19(14-18)27-23(32)16-36-25-29-28-21(30(25)2)15-26-22(31)13-17-8-10-20(34-3)11-9-17/h5-11,14H,4,12-13,15-16H2,1-3H3,(H,26,31)(H,27,32). The summed E-state index contributed by atoms with van der Waals surface area (Å²) in [6.07, 6.45) is 0.973. The molecule has 0 saturated carbocycles. The molecule has 0 atom stereocenters. The van der Waals surface area contributed by atoms with E-state index in [0.29, 0.717) is 28.8 Å². The maximum atomic E-state index is 12.4. The molecule has 0 bridgehead atoms. The van der Waals surface area contributed by atoms with Crippen molar-refractivity contribution in [3.8, 4) is 5.75 Å². The lowest BCUT2D eigenvalue weighted by atomic mass is 10.1. The predicted octanol–water partition coefficient (Wildman–Crippen LogP) is 2.98. The summed E-state index contributed by atoms with van der Waals surface area (Å²) in [6.45, 7) is 2.48. The lowest BCUT2D eigenvalue weighted by Crippen LogP contribution is -2.26. The molecule has 0 fully saturated rings. The van der Waals surface area contributed by atoms with Gasteiger partial charge in [-0.15, -0.1) is 10.2 Å². The number of ether oxygens (including phenoxy) is 2. The topological polar surface area (TPSA) is 124 Å². The quantitative estimate of drug-likeness (QED) is 0.281. The van der Waals surface area contributed by atoms with E-state index in [4.69, 9.17) is 9.47 Å². The molecule has 190 valence electrons. The first kappa shape index (κ1) is 26.7. The van der Waals surface area contributed by atoms with Crippen LogP contribution in [0.25, 0.3) is 0 Å². The van der Waals surface area contributed by atoms with Crippen LogP contribution in [0.1, 0.15) is 35.1 Å². The first-order chi connectivity index (χ1) is 17.4. The van der Waals surface area contributed by atoms with E-state index in [1.54, 1.807) is 43.0 Å². The summed E-state index contributed by atoms with van der Waals surface area (Å²) in [7, 11) is 3.37. The molecule has 0 radical (unpaired) electrons. The molecule has 1 aromatic heterocycles. The fourth-order valence-electron chi connectivity index (χ4n) is 3.12. The van der Waals surface area contributed by atoms with Crippen LogP contribution in [0.5, 0.6) is 5.75 Å². The summed E-state index contributed by atoms with van der Waals surface area (Å²) in [5.74, 6) is 0.580. The van der Waals surface area contributed by atoms with E-state index in [-0.39, 0.29) is 30.5 Å². The molecule has 2 aromatic carbocycles. The number of anilines is 1. The zero-order valence-corrected chi connectivity index (χ0v) is 21.3. The van der Waals surface area contributed by atoms with Crippen LogP contribution in [0.4, 0.5) is 5.69 Å². The molecular formula is C25H29N5O5S. The summed E-state index contributed by atoms with van der Waals surface area (Å²) in [4.78, 5) is 36.7. The fourth-order valence-corrected chi connectivity index (χ4v) is 3.85. The maximum absolute atomic E-state index is 12.4. The average Bonchev–Trinajstić information content (AvgIpc) is 3.24. The van der Waals surface area contributed by atoms with Crippen molar-refractivity contribution in [1.82, 2.24) is 20.1 Å². The Morgan fingerprint density at radius 3 is 2.56 bits per heavy atom. The van der Waals surface area contributed by atoms with Gasteiger partial charge in [0, 0.05) is 12.7 Å². The van der Waals surface area contributed by atoms with Crippen molar-refractivity contribution in [2.24, 2.45) is 7.05 Å². The normalized spacial score (nSPS) is 10.5. The maximum Gasteiger partial charge on any atom is 0.338 e. The number of carbonyl (C=O) groups is 3. The van der Waals surface area contributed by atoms with E-state index in [2.05, 4.69) is 20.8 Å². The molecular weight excluding hydrogens is 482 g/mol. The van der Waals surface area contributed by atoms with Gasteiger partial charge >= 0.3 is 5.97 Å². The lowest BCUT2D eigenvalue weighted by molar-refractivity contribution is -0.120. The number of nitrogens with zero attached hydrogens (tertiary/aromatic N) is 3. The van der Waals surface area contributed by atoms with Gasteiger partial charge in [0.05, 0.1) is 38.0 Å². The van der Waals surface area contributed by atoms with Gasteiger partial charge in [0.1, 0.15) is 5.75 Å². The SMILES string of the molecule is CCCOC(=O)c1cccc(NC(=O)CSc2nnc(CNC(=O)Cc3ccc(OC)cc3)n2C)c1. The van der Waals surface area contributed by atoms with Crippen molar-refractivity contribution in [3.05, 3.63) is 65.5 Å². The molecule has 36 heavy (non-hydrogen) atoms. The molecule has 0 spiro atoms. The second-order valence-corrected chi connectivity index (χ2v) is 8.76. The highest BCUT2D eigenvalue weighted by Crippen LogP contribution is 2.18. The first-order valence-corrected chi connectivity index (χ1v) is 12.4. The number of amides is 2. The molecule has 3 rings (SSSR count). The number of hydrogen-bond donors (Lipinski definition) is 2. The van der Waals surface area contributed by atoms with Crippen LogP contribution < -0.4 is 15.4 Å². The van der Waals surface area contributed by atoms with Gasteiger partial charge < -0.3 is 24.7 Å². The van der Waals surface area contributed by atoms with Crippen LogP contribution in [0.2, 0.25) is 0 Å². The van der Waals surface area contributed by atoms with Crippen molar-refractivity contribution >= 4 is 35.2 Å². The number of aromatic nitrogens is 3. The van der Waals surface area contributed by atoms with E-state index in [1.807, 2.05) is 31.2 Å². The monoisotopic (exact) mass is 511 g/mol. The third-order valence-corrected chi connectivity index (χ3v) is 6.06. The zero-order valence-electron chi connectivity index (χ0n) is 20.4. The molecule has 0 aliphatic heterocycles. The highest BCUT2D eigenvalue weighted by molar-refractivity contribution is 7.99. The van der Waals surface area contributed by atoms with Crippen LogP contribution in [0.3, 0.4) is 0 Å². The number of methoxy groups -OCH3 is 1. The van der Waals surface area contributed by atoms with Gasteiger partial charge in [-0.25, -0.2) is 4.79 Å². The number of nitrogens with one attached hydrogen (secondary N) is 2. The highest BCUT2D eigenvalue weighted by Gasteiger charge is 2.14. The average molecular weight is 512 g/mol. The van der Waals surface area contributed by atoms with Crippen LogP contribution in [-0.2, 0) is 34.3 Å². The number of carbonyl (C=O) groups excluding carboxylic acids is 3. The molecule has 0 aliphatic carbocycles. The molecule has 3 aromatic rings. The largest absolute Gasteiger partial charge is 0.497 e. The van der Waals surface area contributed by atoms with Crippen molar-refractivity contribution in [3.63, 3.8) is 0 Å². The molecule has 10 nitrogen and oxygen atoms in total. The zero-order chi connectivity index (χ0) is 25.9. The van der Waals surface area contributed by atoms with E-state index >= 15 is 0 Å². The minimum atomic E-state index is -0.426. The molecule has 0 saturated heterocycles. The van der Waals surface area contributed by atoms with E-state index in [9.17, 15) is 14.4 Å². The second kappa shape index (κ2) is 13.3. The molecule has 0 aliphatic rings. The Bertz CT molecular complexity index is 1200. The Morgan fingerprint density at radius 2 is 1.83 bits per heavy atom. The minimum Gasteiger partial charge on any atom is -0.497 e. The highest BCUT2D eigenvalue weighted by atomic mass is 32.2. The fraction of sp³-hybridized carbons (Fsp3) is 0.320. The minimum absolute atomic E-state index is 0.0975. The van der Waals surface area contributed by atoms with Gasteiger partial charge in [0.15, 0.2) is 11.0 Å². The number of rotatable bonds is 12. The number of hydrogen-bond acceptors (Lipinski definition) is 8. The van der Waals surface area contributed by atoms with E-state index < -0.39 is 5.97 Å². The van der Waals surface area contributed by atoms with Crippen LogP contribution >= 0.6 is 11.8 Å². The summed E-state index contributed by atoms with van der Waals surface area (Å²) >= 11 is 1.22. The Morgan fingerprint density at radius 1 is 1.06 bits per heavy atom.